The van der Waals surface area contributed by atoms with Crippen LogP contribution in [0.15, 0.2) is 78.5 Å². The van der Waals surface area contributed by atoms with Gasteiger partial charge in [0.05, 0.1) is 13.2 Å². The second-order valence-electron chi connectivity index (χ2n) is 8.14. The average Bonchev–Trinajstić information content (AvgIpc) is 3.23. The molecule has 4 rings (SSSR count). The zero-order valence-corrected chi connectivity index (χ0v) is 20.9. The van der Waals surface area contributed by atoms with Crippen LogP contribution in [0.5, 0.6) is 11.5 Å². The number of rotatable bonds is 9. The van der Waals surface area contributed by atoms with Crippen molar-refractivity contribution in [2.24, 2.45) is 0 Å². The third-order valence-corrected chi connectivity index (χ3v) is 6.06. The number of aryl methyl sites for hydroxylation is 1. The second kappa shape index (κ2) is 11.5. The number of ether oxygens (including phenoxy) is 2. The molecule has 6 nitrogen and oxygen atoms in total. The highest BCUT2D eigenvalue weighted by molar-refractivity contribution is 6.31. The molecule has 0 radical (unpaired) electrons. The molecule has 0 unspecified atom stereocenters. The van der Waals surface area contributed by atoms with E-state index >= 15 is 0 Å². The van der Waals surface area contributed by atoms with Crippen molar-refractivity contribution in [1.82, 2.24) is 4.57 Å². The predicted molar refractivity (Wildman–Crippen MR) is 143 cm³/mol. The van der Waals surface area contributed by atoms with Crippen LogP contribution in [0, 0.1) is 18.3 Å². The SMILES string of the molecule is CCOc1ccc(NC(=O)/C(C#N)=C/c2cn(CCOc3ccc(Cl)c(C)c3)c3ccccc23)cc1. The van der Waals surface area contributed by atoms with E-state index in [1.54, 1.807) is 30.3 Å². The summed E-state index contributed by atoms with van der Waals surface area (Å²) in [7, 11) is 0. The van der Waals surface area contributed by atoms with Gasteiger partial charge in [-0.1, -0.05) is 29.8 Å². The van der Waals surface area contributed by atoms with Crippen LogP contribution in [0.4, 0.5) is 5.69 Å². The van der Waals surface area contributed by atoms with Crippen LogP contribution in [0.1, 0.15) is 18.1 Å². The summed E-state index contributed by atoms with van der Waals surface area (Å²) in [6, 6.07) is 22.5. The Morgan fingerprint density at radius 2 is 1.83 bits per heavy atom. The van der Waals surface area contributed by atoms with Crippen LogP contribution >= 0.6 is 11.6 Å². The third-order valence-electron chi connectivity index (χ3n) is 5.64. The van der Waals surface area contributed by atoms with E-state index in [1.165, 1.54) is 0 Å². The van der Waals surface area contributed by atoms with Gasteiger partial charge in [0.2, 0.25) is 0 Å². The van der Waals surface area contributed by atoms with Gasteiger partial charge in [0.1, 0.15) is 29.7 Å². The topological polar surface area (TPSA) is 76.3 Å². The van der Waals surface area contributed by atoms with Gasteiger partial charge in [-0.3, -0.25) is 4.79 Å². The number of amides is 1. The summed E-state index contributed by atoms with van der Waals surface area (Å²) >= 11 is 6.10. The molecule has 1 amide bonds. The van der Waals surface area contributed by atoms with Gasteiger partial charge in [0, 0.05) is 33.4 Å². The maximum Gasteiger partial charge on any atom is 0.266 e. The van der Waals surface area contributed by atoms with Gasteiger partial charge in [-0.2, -0.15) is 5.26 Å². The lowest BCUT2D eigenvalue weighted by molar-refractivity contribution is -0.112. The fraction of sp³-hybridized carbons (Fsp3) is 0.172. The molecule has 0 aliphatic rings. The Balaban J connectivity index is 1.51. The number of nitrogens with one attached hydrogen (secondary N) is 1. The molecule has 0 fully saturated rings. The number of carbonyl (C=O) groups excluding carboxylic acids is 1. The first kappa shape index (κ1) is 24.9. The molecule has 0 atom stereocenters. The van der Waals surface area contributed by atoms with E-state index in [9.17, 15) is 10.1 Å². The van der Waals surface area contributed by atoms with Crippen molar-refractivity contribution in [2.75, 3.05) is 18.5 Å². The smallest absolute Gasteiger partial charge is 0.266 e. The lowest BCUT2D eigenvalue weighted by Crippen LogP contribution is -2.13. The summed E-state index contributed by atoms with van der Waals surface area (Å²) in [5.41, 5.74) is 3.33. The Morgan fingerprint density at radius 3 is 2.56 bits per heavy atom. The molecular weight excluding hydrogens is 474 g/mol. The van der Waals surface area contributed by atoms with Crippen molar-refractivity contribution < 1.29 is 14.3 Å². The van der Waals surface area contributed by atoms with Crippen molar-refractivity contribution in [2.45, 2.75) is 20.4 Å². The molecule has 182 valence electrons. The van der Waals surface area contributed by atoms with Gasteiger partial charge in [-0.15, -0.1) is 0 Å². The van der Waals surface area contributed by atoms with Crippen LogP contribution in [0.25, 0.3) is 17.0 Å². The molecule has 7 heteroatoms. The lowest BCUT2D eigenvalue weighted by Gasteiger charge is -2.09. The Kier molecular flexibility index (Phi) is 7.94. The second-order valence-corrected chi connectivity index (χ2v) is 8.54. The monoisotopic (exact) mass is 499 g/mol. The Hall–Kier alpha value is -4.21. The maximum absolute atomic E-state index is 12.8. The molecular formula is C29H26ClN3O3. The first-order valence-corrected chi connectivity index (χ1v) is 12.0. The quantitative estimate of drug-likeness (QED) is 0.207. The summed E-state index contributed by atoms with van der Waals surface area (Å²) in [4.78, 5) is 12.8. The summed E-state index contributed by atoms with van der Waals surface area (Å²) in [6.45, 7) is 5.45. The van der Waals surface area contributed by atoms with Crippen molar-refractivity contribution in [3.8, 4) is 17.6 Å². The van der Waals surface area contributed by atoms with E-state index in [2.05, 4.69) is 9.88 Å². The van der Waals surface area contributed by atoms with E-state index in [1.807, 2.05) is 68.6 Å². The standard InChI is InChI=1S/C29H26ClN3O3/c1-3-35-24-10-8-23(9-11-24)32-29(34)21(18-31)17-22-19-33(28-7-5-4-6-26(22)28)14-15-36-25-12-13-27(30)20(2)16-25/h4-13,16-17,19H,3,14-15H2,1-2H3,(H,32,34)/b21-17+. The summed E-state index contributed by atoms with van der Waals surface area (Å²) in [5, 5.41) is 14.1. The molecule has 4 aromatic rings. The number of benzene rings is 3. The van der Waals surface area contributed by atoms with Gasteiger partial charge in [0.25, 0.3) is 5.91 Å². The van der Waals surface area contributed by atoms with E-state index in [0.717, 1.165) is 33.5 Å². The zero-order valence-electron chi connectivity index (χ0n) is 20.1. The normalized spacial score (nSPS) is 11.2. The number of carbonyl (C=O) groups is 1. The molecule has 36 heavy (non-hydrogen) atoms. The Labute approximate surface area is 215 Å². The highest BCUT2D eigenvalue weighted by Crippen LogP contribution is 2.25. The molecule has 0 saturated heterocycles. The Morgan fingerprint density at radius 1 is 1.08 bits per heavy atom. The fourth-order valence-electron chi connectivity index (χ4n) is 3.85. The average molecular weight is 500 g/mol. The number of anilines is 1. The van der Waals surface area contributed by atoms with Crippen molar-refractivity contribution in [1.29, 1.82) is 5.26 Å². The van der Waals surface area contributed by atoms with E-state index in [0.29, 0.717) is 30.5 Å². The summed E-state index contributed by atoms with van der Waals surface area (Å²) < 4.78 is 13.4. The van der Waals surface area contributed by atoms with Gasteiger partial charge >= 0.3 is 0 Å². The van der Waals surface area contributed by atoms with Crippen LogP contribution in [-0.2, 0) is 11.3 Å². The lowest BCUT2D eigenvalue weighted by atomic mass is 10.1. The molecule has 0 bridgehead atoms. The van der Waals surface area contributed by atoms with Gasteiger partial charge in [0.15, 0.2) is 0 Å². The number of aromatic nitrogens is 1. The molecule has 1 aromatic heterocycles. The van der Waals surface area contributed by atoms with Crippen LogP contribution in [0.2, 0.25) is 5.02 Å². The number of hydrogen-bond acceptors (Lipinski definition) is 4. The van der Waals surface area contributed by atoms with Crippen LogP contribution < -0.4 is 14.8 Å². The van der Waals surface area contributed by atoms with E-state index in [-0.39, 0.29) is 5.57 Å². The number of para-hydroxylation sites is 1. The highest BCUT2D eigenvalue weighted by Gasteiger charge is 2.13. The number of nitriles is 1. The predicted octanol–water partition coefficient (Wildman–Crippen LogP) is 6.63. The largest absolute Gasteiger partial charge is 0.494 e. The molecule has 0 aliphatic carbocycles. The minimum atomic E-state index is -0.472. The number of halogens is 1. The number of hydrogen-bond donors (Lipinski definition) is 1. The molecule has 1 N–H and O–H groups in total. The molecule has 0 saturated carbocycles. The van der Waals surface area contributed by atoms with Crippen LogP contribution in [0.3, 0.4) is 0 Å². The summed E-state index contributed by atoms with van der Waals surface area (Å²) in [5.74, 6) is 1.00. The zero-order chi connectivity index (χ0) is 25.5. The first-order chi connectivity index (χ1) is 17.5. The minimum absolute atomic E-state index is 0.0136. The minimum Gasteiger partial charge on any atom is -0.494 e. The molecule has 1 heterocycles. The highest BCUT2D eigenvalue weighted by atomic mass is 35.5. The first-order valence-electron chi connectivity index (χ1n) is 11.6. The molecule has 3 aromatic carbocycles. The van der Waals surface area contributed by atoms with E-state index in [4.69, 9.17) is 21.1 Å². The van der Waals surface area contributed by atoms with Crippen LogP contribution in [-0.4, -0.2) is 23.7 Å². The summed E-state index contributed by atoms with van der Waals surface area (Å²) in [6.07, 6.45) is 3.55. The van der Waals surface area contributed by atoms with Gasteiger partial charge in [-0.05, 0) is 74.0 Å². The number of fused-ring (bicyclic) bond motifs is 1. The van der Waals surface area contributed by atoms with Gasteiger partial charge < -0.3 is 19.4 Å². The van der Waals surface area contributed by atoms with E-state index < -0.39 is 5.91 Å². The third kappa shape index (κ3) is 5.88. The van der Waals surface area contributed by atoms with Gasteiger partial charge in [-0.25, -0.2) is 0 Å². The molecule has 0 aliphatic heterocycles. The molecule has 0 spiro atoms. The number of nitrogens with zero attached hydrogens (tertiary/aromatic N) is 2. The van der Waals surface area contributed by atoms with Crippen molar-refractivity contribution >= 4 is 40.2 Å². The fourth-order valence-corrected chi connectivity index (χ4v) is 3.97. The maximum atomic E-state index is 12.8. The van der Waals surface area contributed by atoms with Crippen molar-refractivity contribution in [3.05, 3.63) is 94.6 Å². The van der Waals surface area contributed by atoms with Crippen molar-refractivity contribution in [3.63, 3.8) is 0 Å². The Bertz CT molecular complexity index is 1450.